The highest BCUT2D eigenvalue weighted by atomic mass is 16.6. The first-order valence-corrected chi connectivity index (χ1v) is 7.05. The molecule has 6 nitrogen and oxygen atoms in total. The largest absolute Gasteiger partial charge is 0.378 e. The number of carbonyl (C=O) groups excluding carboxylic acids is 1. The summed E-state index contributed by atoms with van der Waals surface area (Å²) in [4.78, 5) is 24.6. The van der Waals surface area contributed by atoms with Crippen LogP contribution in [0.2, 0.25) is 0 Å². The lowest BCUT2D eigenvalue weighted by atomic mass is 10.0. The van der Waals surface area contributed by atoms with E-state index in [1.165, 1.54) is 12.1 Å². The van der Waals surface area contributed by atoms with E-state index in [1.54, 1.807) is 12.1 Å². The van der Waals surface area contributed by atoms with Crippen LogP contribution < -0.4 is 10.2 Å². The lowest BCUT2D eigenvalue weighted by Gasteiger charge is -2.11. The minimum atomic E-state index is -0.466. The van der Waals surface area contributed by atoms with Gasteiger partial charge in [-0.05, 0) is 29.8 Å². The van der Waals surface area contributed by atoms with Crippen molar-refractivity contribution in [2.45, 2.75) is 7.43 Å². The zero-order chi connectivity index (χ0) is 16.6. The van der Waals surface area contributed by atoms with Gasteiger partial charge in [-0.2, -0.15) is 0 Å². The van der Waals surface area contributed by atoms with Crippen LogP contribution in [0.1, 0.15) is 18.6 Å². The van der Waals surface area contributed by atoms with Crippen LogP contribution >= 0.6 is 0 Å². The number of fused-ring (bicyclic) bond motifs is 1. The summed E-state index contributed by atoms with van der Waals surface area (Å²) in [7, 11) is 3.90. The van der Waals surface area contributed by atoms with E-state index in [0.717, 1.165) is 11.3 Å². The number of nitrogens with one attached hydrogen (secondary N) is 1. The molecule has 0 saturated carbocycles. The van der Waals surface area contributed by atoms with Crippen molar-refractivity contribution in [2.75, 3.05) is 24.3 Å². The summed E-state index contributed by atoms with van der Waals surface area (Å²) < 4.78 is 0. The van der Waals surface area contributed by atoms with Gasteiger partial charge in [-0.25, -0.2) is 0 Å². The topological polar surface area (TPSA) is 75.5 Å². The van der Waals surface area contributed by atoms with Crippen LogP contribution in [0.3, 0.4) is 0 Å². The molecule has 0 aliphatic carbocycles. The molecule has 0 spiro atoms. The number of nitro benzene ring substituents is 1. The summed E-state index contributed by atoms with van der Waals surface area (Å²) in [6.07, 6.45) is 1.74. The molecule has 0 aromatic heterocycles. The van der Waals surface area contributed by atoms with Gasteiger partial charge < -0.3 is 10.2 Å². The Morgan fingerprint density at radius 3 is 2.38 bits per heavy atom. The molecule has 124 valence electrons. The average Bonchev–Trinajstić information content (AvgIpc) is 2.83. The fraction of sp³-hybridized carbons (Fsp3) is 0.167. The number of hydrogen-bond donors (Lipinski definition) is 1. The lowest BCUT2D eigenvalue weighted by molar-refractivity contribution is -0.384. The molecule has 6 heteroatoms. The highest BCUT2D eigenvalue weighted by Crippen LogP contribution is 2.35. The maximum atomic E-state index is 12.1. The maximum absolute atomic E-state index is 12.1. The van der Waals surface area contributed by atoms with E-state index in [-0.39, 0.29) is 19.0 Å². The fourth-order valence-electron chi connectivity index (χ4n) is 2.47. The predicted octanol–water partition coefficient (Wildman–Crippen LogP) is 3.79. The van der Waals surface area contributed by atoms with E-state index in [9.17, 15) is 14.9 Å². The van der Waals surface area contributed by atoms with Crippen molar-refractivity contribution in [3.05, 3.63) is 63.7 Å². The van der Waals surface area contributed by atoms with Gasteiger partial charge in [0.05, 0.1) is 4.92 Å². The molecule has 0 atom stereocenters. The molecule has 0 fully saturated rings. The first-order chi connectivity index (χ1) is 11.0. The quantitative estimate of drug-likeness (QED) is 0.529. The highest BCUT2D eigenvalue weighted by Gasteiger charge is 2.26. The standard InChI is InChI=1S/C17H15N3O3.CH4/c1-19(2)12-5-3-11(4-6-12)9-15-14-10-13(20(22)23)7-8-16(14)18-17(15)21;/h3-10H,1-2H3,(H,18,21);1H4/b15-9-;. The third-order valence-electron chi connectivity index (χ3n) is 3.72. The molecule has 3 rings (SSSR count). The van der Waals surface area contributed by atoms with Crippen LogP contribution in [0.25, 0.3) is 11.6 Å². The van der Waals surface area contributed by atoms with E-state index < -0.39 is 4.92 Å². The molecule has 0 radical (unpaired) electrons. The number of carbonyl (C=O) groups is 1. The Balaban J connectivity index is 0.00000208. The molecule has 1 aliphatic heterocycles. The van der Waals surface area contributed by atoms with Gasteiger partial charge in [0, 0.05) is 48.7 Å². The number of hydrogen-bond acceptors (Lipinski definition) is 4. The van der Waals surface area contributed by atoms with E-state index in [0.29, 0.717) is 16.8 Å². The van der Waals surface area contributed by atoms with Crippen molar-refractivity contribution >= 4 is 34.6 Å². The van der Waals surface area contributed by atoms with Gasteiger partial charge >= 0.3 is 0 Å². The average molecular weight is 325 g/mol. The zero-order valence-corrected chi connectivity index (χ0v) is 12.7. The molecule has 24 heavy (non-hydrogen) atoms. The minimum absolute atomic E-state index is 0. The first-order valence-electron chi connectivity index (χ1n) is 7.05. The van der Waals surface area contributed by atoms with Crippen molar-refractivity contribution in [3.8, 4) is 0 Å². The zero-order valence-electron chi connectivity index (χ0n) is 12.7. The van der Waals surface area contributed by atoms with Crippen molar-refractivity contribution < 1.29 is 9.72 Å². The van der Waals surface area contributed by atoms with Gasteiger partial charge in [0.15, 0.2) is 0 Å². The first kappa shape index (κ1) is 17.2. The van der Waals surface area contributed by atoms with E-state index in [2.05, 4.69) is 5.32 Å². The fourth-order valence-corrected chi connectivity index (χ4v) is 2.47. The van der Waals surface area contributed by atoms with Gasteiger partial charge in [-0.1, -0.05) is 19.6 Å². The third kappa shape index (κ3) is 3.12. The van der Waals surface area contributed by atoms with Gasteiger partial charge in [0.1, 0.15) is 0 Å². The lowest BCUT2D eigenvalue weighted by Crippen LogP contribution is -2.08. The van der Waals surface area contributed by atoms with Crippen LogP contribution in [0.15, 0.2) is 42.5 Å². The summed E-state index contributed by atoms with van der Waals surface area (Å²) in [5.74, 6) is -0.253. The second-order valence-electron chi connectivity index (χ2n) is 5.49. The second-order valence-corrected chi connectivity index (χ2v) is 5.49. The molecular formula is C18H19N3O3. The Morgan fingerprint density at radius 1 is 1.12 bits per heavy atom. The summed E-state index contributed by atoms with van der Waals surface area (Å²) in [5.41, 5.74) is 3.47. The molecule has 1 aliphatic rings. The molecular weight excluding hydrogens is 306 g/mol. The Labute approximate surface area is 140 Å². The van der Waals surface area contributed by atoms with Gasteiger partial charge in [0.25, 0.3) is 11.6 Å². The number of benzene rings is 2. The van der Waals surface area contributed by atoms with Crippen molar-refractivity contribution in [2.24, 2.45) is 0 Å². The summed E-state index contributed by atoms with van der Waals surface area (Å²) in [6, 6.07) is 12.1. The smallest absolute Gasteiger partial charge is 0.270 e. The number of nitrogens with zero attached hydrogens (tertiary/aromatic N) is 2. The number of amides is 1. The van der Waals surface area contributed by atoms with Crippen molar-refractivity contribution in [1.82, 2.24) is 0 Å². The van der Waals surface area contributed by atoms with Gasteiger partial charge in [0.2, 0.25) is 0 Å². The molecule has 0 unspecified atom stereocenters. The summed E-state index contributed by atoms with van der Waals surface area (Å²) in [6.45, 7) is 0. The monoisotopic (exact) mass is 325 g/mol. The molecule has 2 aromatic rings. The molecule has 1 N–H and O–H groups in total. The van der Waals surface area contributed by atoms with Crippen LogP contribution in [-0.2, 0) is 4.79 Å². The number of nitro groups is 1. The van der Waals surface area contributed by atoms with Crippen LogP contribution in [0.5, 0.6) is 0 Å². The minimum Gasteiger partial charge on any atom is -0.378 e. The maximum Gasteiger partial charge on any atom is 0.270 e. The van der Waals surface area contributed by atoms with Crippen LogP contribution in [-0.4, -0.2) is 24.9 Å². The highest BCUT2D eigenvalue weighted by molar-refractivity contribution is 6.35. The SMILES string of the molecule is C.CN(C)c1ccc(/C=C2\C(=O)Nc3ccc([N+](=O)[O-])cc32)cc1. The normalized spacial score (nSPS) is 13.9. The Hall–Kier alpha value is -3.15. The Morgan fingerprint density at radius 2 is 1.79 bits per heavy atom. The summed E-state index contributed by atoms with van der Waals surface area (Å²) in [5, 5.41) is 13.7. The second kappa shape index (κ2) is 6.54. The Bertz CT molecular complexity index is 824. The van der Waals surface area contributed by atoms with Crippen molar-refractivity contribution in [3.63, 3.8) is 0 Å². The third-order valence-corrected chi connectivity index (χ3v) is 3.72. The predicted molar refractivity (Wildman–Crippen MR) is 97.1 cm³/mol. The van der Waals surface area contributed by atoms with Crippen LogP contribution in [0, 0.1) is 10.1 Å². The molecule has 1 amide bonds. The van der Waals surface area contributed by atoms with E-state index in [4.69, 9.17) is 0 Å². The molecule has 0 saturated heterocycles. The van der Waals surface area contributed by atoms with E-state index in [1.807, 2.05) is 43.3 Å². The van der Waals surface area contributed by atoms with Gasteiger partial charge in [-0.15, -0.1) is 0 Å². The molecule has 1 heterocycles. The molecule has 2 aromatic carbocycles. The number of anilines is 2. The summed E-state index contributed by atoms with van der Waals surface area (Å²) >= 11 is 0. The van der Waals surface area contributed by atoms with Crippen LogP contribution in [0.4, 0.5) is 17.1 Å². The van der Waals surface area contributed by atoms with Gasteiger partial charge in [-0.3, -0.25) is 14.9 Å². The van der Waals surface area contributed by atoms with Crippen molar-refractivity contribution in [1.29, 1.82) is 0 Å². The van der Waals surface area contributed by atoms with E-state index >= 15 is 0 Å². The molecule has 0 bridgehead atoms. The number of non-ortho nitro benzene ring substituents is 1. The Kier molecular flexibility index (Phi) is 4.69. The number of rotatable bonds is 3.